The van der Waals surface area contributed by atoms with Crippen LogP contribution in [0.15, 0.2) is 0 Å². The van der Waals surface area contributed by atoms with Crippen LogP contribution in [0.5, 0.6) is 0 Å². The first-order chi connectivity index (χ1) is 4.77. The number of carbonyl (C=O) groups is 1. The Kier molecular flexibility index (Phi) is 1.73. The number of nitrogens with one attached hydrogen (secondary N) is 1. The van der Waals surface area contributed by atoms with Gasteiger partial charge in [-0.2, -0.15) is 5.26 Å². The van der Waals surface area contributed by atoms with Gasteiger partial charge in [-0.1, -0.05) is 0 Å². The Morgan fingerprint density at radius 1 is 1.80 bits per heavy atom. The Labute approximate surface area is 58.4 Å². The van der Waals surface area contributed by atoms with Gasteiger partial charge in [0.05, 0.1) is 12.0 Å². The van der Waals surface area contributed by atoms with Gasteiger partial charge < -0.3 is 4.90 Å². The summed E-state index contributed by atoms with van der Waals surface area (Å²) in [4.78, 5) is 12.1. The van der Waals surface area contributed by atoms with E-state index in [4.69, 9.17) is 11.1 Å². The fourth-order valence-electron chi connectivity index (χ4n) is 0.817. The molecule has 0 atom stereocenters. The quantitative estimate of drug-likeness (QED) is 0.258. The van der Waals surface area contributed by atoms with Gasteiger partial charge in [-0.25, -0.2) is 10.6 Å². The number of amides is 2. The molecule has 1 saturated heterocycles. The molecule has 2 amide bonds. The van der Waals surface area contributed by atoms with E-state index in [9.17, 15) is 4.79 Å². The van der Waals surface area contributed by atoms with Crippen LogP contribution in [0.4, 0.5) is 4.79 Å². The molecule has 0 bridgehead atoms. The van der Waals surface area contributed by atoms with Gasteiger partial charge in [-0.15, -0.1) is 0 Å². The molecule has 0 aromatic carbocycles. The summed E-state index contributed by atoms with van der Waals surface area (Å²) >= 11 is 0. The summed E-state index contributed by atoms with van der Waals surface area (Å²) in [6.45, 7) is 0.999. The molecule has 5 heteroatoms. The molecule has 3 N–H and O–H groups in total. The van der Waals surface area contributed by atoms with E-state index >= 15 is 0 Å². The summed E-state index contributed by atoms with van der Waals surface area (Å²) in [6.07, 6.45) is 0. The van der Waals surface area contributed by atoms with Crippen molar-refractivity contribution < 1.29 is 4.79 Å². The molecule has 5 nitrogen and oxygen atoms in total. The normalized spacial score (nSPS) is 17.4. The molecule has 0 aromatic rings. The van der Waals surface area contributed by atoms with Gasteiger partial charge in [0.15, 0.2) is 0 Å². The average Bonchev–Trinajstić information content (AvgIpc) is 1.85. The van der Waals surface area contributed by atoms with Crippen molar-refractivity contribution in [2.24, 2.45) is 11.8 Å². The first-order valence-corrected chi connectivity index (χ1v) is 2.93. The molecule has 1 rings (SSSR count). The lowest BCUT2D eigenvalue weighted by atomic mass is 10.0. The number of nitriles is 1. The number of carbonyl (C=O) groups excluding carboxylic acids is 1. The Bertz CT molecular complexity index is 179. The Morgan fingerprint density at radius 3 is 2.80 bits per heavy atom. The molecule has 0 saturated carbocycles. The van der Waals surface area contributed by atoms with Gasteiger partial charge in [0, 0.05) is 13.1 Å². The molecule has 1 heterocycles. The van der Waals surface area contributed by atoms with Crippen molar-refractivity contribution in [1.82, 2.24) is 10.3 Å². The molecule has 0 unspecified atom stereocenters. The molecule has 54 valence electrons. The van der Waals surface area contributed by atoms with Gasteiger partial charge in [0.2, 0.25) is 0 Å². The van der Waals surface area contributed by atoms with E-state index in [0.717, 1.165) is 0 Å². The molecule has 0 aliphatic carbocycles. The van der Waals surface area contributed by atoms with E-state index in [2.05, 4.69) is 0 Å². The first kappa shape index (κ1) is 6.83. The van der Waals surface area contributed by atoms with E-state index in [1.807, 2.05) is 11.5 Å². The lowest BCUT2D eigenvalue weighted by Gasteiger charge is -2.34. The third-order valence-electron chi connectivity index (χ3n) is 1.47. The van der Waals surface area contributed by atoms with Gasteiger partial charge in [-0.05, 0) is 0 Å². The van der Waals surface area contributed by atoms with Crippen molar-refractivity contribution in [3.8, 4) is 6.07 Å². The largest absolute Gasteiger partial charge is 0.331 e. The zero-order valence-corrected chi connectivity index (χ0v) is 5.37. The van der Waals surface area contributed by atoms with E-state index < -0.39 is 0 Å². The predicted octanol–water partition coefficient (Wildman–Crippen LogP) is -0.975. The second-order valence-electron chi connectivity index (χ2n) is 2.18. The SMILES string of the molecule is N#CC1CN(C(=O)NN)C1. The standard InChI is InChI=1S/C5H8N4O/c6-1-4-2-9(3-4)5(10)8-7/h4H,2-3,7H2,(H,8,10). The molecule has 1 aliphatic rings. The molecule has 1 aliphatic heterocycles. The van der Waals surface area contributed by atoms with Crippen molar-refractivity contribution in [1.29, 1.82) is 5.26 Å². The average molecular weight is 140 g/mol. The summed E-state index contributed by atoms with van der Waals surface area (Å²) in [5.41, 5.74) is 1.99. The number of rotatable bonds is 0. The zero-order chi connectivity index (χ0) is 7.56. The Balaban J connectivity index is 2.27. The summed E-state index contributed by atoms with van der Waals surface area (Å²) in [7, 11) is 0. The topological polar surface area (TPSA) is 82.2 Å². The molecule has 0 radical (unpaired) electrons. The van der Waals surface area contributed by atoms with Crippen LogP contribution in [0.3, 0.4) is 0 Å². The van der Waals surface area contributed by atoms with Gasteiger partial charge in [-0.3, -0.25) is 5.43 Å². The second kappa shape index (κ2) is 2.54. The molecule has 1 fully saturated rings. The number of hydrogen-bond donors (Lipinski definition) is 2. The number of likely N-dealkylation sites (tertiary alicyclic amines) is 1. The van der Waals surface area contributed by atoms with Crippen LogP contribution in [0.2, 0.25) is 0 Å². The van der Waals surface area contributed by atoms with E-state index in [1.165, 1.54) is 4.90 Å². The predicted molar refractivity (Wildman–Crippen MR) is 33.4 cm³/mol. The highest BCUT2D eigenvalue weighted by atomic mass is 16.2. The van der Waals surface area contributed by atoms with Gasteiger partial charge >= 0.3 is 6.03 Å². The summed E-state index contributed by atoms with van der Waals surface area (Å²) in [6, 6.07) is 1.73. The van der Waals surface area contributed by atoms with Crippen LogP contribution in [0, 0.1) is 17.2 Å². The fourth-order valence-corrected chi connectivity index (χ4v) is 0.817. The number of urea groups is 1. The van der Waals surface area contributed by atoms with E-state index in [1.54, 1.807) is 0 Å². The van der Waals surface area contributed by atoms with E-state index in [-0.39, 0.29) is 11.9 Å². The highest BCUT2D eigenvalue weighted by molar-refractivity contribution is 5.74. The van der Waals surface area contributed by atoms with Crippen molar-refractivity contribution >= 4 is 6.03 Å². The smallest absolute Gasteiger partial charge is 0.321 e. The maximum absolute atomic E-state index is 10.6. The lowest BCUT2D eigenvalue weighted by Crippen LogP contribution is -2.54. The van der Waals surface area contributed by atoms with Gasteiger partial charge in [0.1, 0.15) is 0 Å². The number of nitrogens with zero attached hydrogens (tertiary/aromatic N) is 2. The number of hydrazine groups is 1. The summed E-state index contributed by atoms with van der Waals surface area (Å²) < 4.78 is 0. The van der Waals surface area contributed by atoms with Crippen LogP contribution < -0.4 is 11.3 Å². The molecular weight excluding hydrogens is 132 g/mol. The second-order valence-corrected chi connectivity index (χ2v) is 2.18. The van der Waals surface area contributed by atoms with Crippen molar-refractivity contribution in [2.75, 3.05) is 13.1 Å². The maximum atomic E-state index is 10.6. The van der Waals surface area contributed by atoms with Crippen molar-refractivity contribution in [3.63, 3.8) is 0 Å². The minimum absolute atomic E-state index is 0.00250. The summed E-state index contributed by atoms with van der Waals surface area (Å²) in [5, 5.41) is 8.32. The minimum atomic E-state index is -0.313. The Hall–Kier alpha value is -1.28. The zero-order valence-electron chi connectivity index (χ0n) is 5.37. The third kappa shape index (κ3) is 1.01. The highest BCUT2D eigenvalue weighted by Crippen LogP contribution is 2.12. The number of hydrogen-bond acceptors (Lipinski definition) is 3. The minimum Gasteiger partial charge on any atom is -0.321 e. The third-order valence-corrected chi connectivity index (χ3v) is 1.47. The highest BCUT2D eigenvalue weighted by Gasteiger charge is 2.29. The van der Waals surface area contributed by atoms with Crippen LogP contribution in [0.25, 0.3) is 0 Å². The lowest BCUT2D eigenvalue weighted by molar-refractivity contribution is 0.144. The molecule has 0 spiro atoms. The molecular formula is C5H8N4O. The van der Waals surface area contributed by atoms with Crippen LogP contribution in [0.1, 0.15) is 0 Å². The molecule has 0 aromatic heterocycles. The van der Waals surface area contributed by atoms with Crippen molar-refractivity contribution in [3.05, 3.63) is 0 Å². The van der Waals surface area contributed by atoms with Crippen LogP contribution >= 0.6 is 0 Å². The first-order valence-electron chi connectivity index (χ1n) is 2.93. The monoisotopic (exact) mass is 140 g/mol. The number of nitrogens with two attached hydrogens (primary N) is 1. The molecule has 10 heavy (non-hydrogen) atoms. The van der Waals surface area contributed by atoms with Crippen LogP contribution in [-0.2, 0) is 0 Å². The van der Waals surface area contributed by atoms with Crippen molar-refractivity contribution in [2.45, 2.75) is 0 Å². The van der Waals surface area contributed by atoms with Gasteiger partial charge in [0.25, 0.3) is 0 Å². The Morgan fingerprint density at radius 2 is 2.40 bits per heavy atom. The summed E-state index contributed by atoms with van der Waals surface area (Å²) in [5.74, 6) is 4.84. The van der Waals surface area contributed by atoms with Crippen LogP contribution in [-0.4, -0.2) is 24.0 Å². The fraction of sp³-hybridized carbons (Fsp3) is 0.600. The van der Waals surface area contributed by atoms with E-state index in [0.29, 0.717) is 13.1 Å². The maximum Gasteiger partial charge on any atom is 0.331 e.